The zero-order valence-electron chi connectivity index (χ0n) is 25.8. The van der Waals surface area contributed by atoms with E-state index in [1.807, 2.05) is 71.3 Å². The highest BCUT2D eigenvalue weighted by molar-refractivity contribution is 7.88. The molecule has 6 aromatic rings. The molecule has 0 saturated heterocycles. The van der Waals surface area contributed by atoms with Gasteiger partial charge in [-0.2, -0.15) is 17.2 Å². The third-order valence-electron chi connectivity index (χ3n) is 11.0. The molecule has 4 saturated carbocycles. The molecule has 0 N–H and O–H groups in total. The average molecular weight is 649 g/mol. The smallest absolute Gasteiger partial charge is 0.377 e. The highest BCUT2D eigenvalue weighted by atomic mass is 32.2. The van der Waals surface area contributed by atoms with E-state index >= 15 is 8.78 Å². The number of halogens is 2. The molecule has 0 spiro atoms. The first kappa shape index (κ1) is 28.9. The van der Waals surface area contributed by atoms with Crippen molar-refractivity contribution in [3.8, 4) is 22.8 Å². The number of alkyl halides is 2. The Hall–Kier alpha value is -4.30. The number of rotatable bonds is 7. The van der Waals surface area contributed by atoms with Crippen LogP contribution in [0, 0.1) is 23.2 Å². The fourth-order valence-electron chi connectivity index (χ4n) is 9.65. The molecule has 4 aliphatic rings. The van der Waals surface area contributed by atoms with E-state index in [-0.39, 0.29) is 5.75 Å². The molecule has 5 aromatic carbocycles. The second-order valence-electron chi connectivity index (χ2n) is 14.2. The van der Waals surface area contributed by atoms with Crippen LogP contribution in [0.5, 0.6) is 5.75 Å². The van der Waals surface area contributed by atoms with Gasteiger partial charge in [0.25, 0.3) is 0 Å². The van der Waals surface area contributed by atoms with Crippen molar-refractivity contribution in [2.45, 2.75) is 50.2 Å². The Labute approximate surface area is 272 Å². The Bertz CT molecular complexity index is 2260. The molecule has 8 heteroatoms. The van der Waals surface area contributed by atoms with Crippen LogP contribution >= 0.6 is 0 Å². The van der Waals surface area contributed by atoms with E-state index in [0.29, 0.717) is 48.4 Å². The van der Waals surface area contributed by atoms with Gasteiger partial charge >= 0.3 is 15.4 Å². The van der Waals surface area contributed by atoms with Crippen LogP contribution in [-0.2, 0) is 10.1 Å². The molecule has 1 heterocycles. The van der Waals surface area contributed by atoms with Crippen molar-refractivity contribution in [3.05, 3.63) is 103 Å². The van der Waals surface area contributed by atoms with Gasteiger partial charge in [0.15, 0.2) is 5.75 Å². The molecule has 5 nitrogen and oxygen atoms in total. The molecular weight excluding hydrogens is 615 g/mol. The van der Waals surface area contributed by atoms with Crippen LogP contribution in [0.2, 0.25) is 0 Å². The molecule has 0 unspecified atom stereocenters. The average Bonchev–Trinajstić information content (AvgIpc) is 3.45. The molecule has 0 aliphatic heterocycles. The number of hydrogen-bond donors (Lipinski definition) is 0. The van der Waals surface area contributed by atoms with Crippen LogP contribution in [0.1, 0.15) is 44.9 Å². The van der Waals surface area contributed by atoms with Gasteiger partial charge in [-0.15, -0.1) is 0 Å². The Balaban J connectivity index is 1.19. The summed E-state index contributed by atoms with van der Waals surface area (Å²) in [5, 5.41) is -0.0354. The van der Waals surface area contributed by atoms with Gasteiger partial charge in [0.1, 0.15) is 5.82 Å². The van der Waals surface area contributed by atoms with Crippen molar-refractivity contribution < 1.29 is 21.4 Å². The van der Waals surface area contributed by atoms with E-state index in [2.05, 4.69) is 12.1 Å². The minimum Gasteiger partial charge on any atom is -0.377 e. The summed E-state index contributed by atoms with van der Waals surface area (Å²) in [7, 11) is -5.33. The van der Waals surface area contributed by atoms with E-state index in [9.17, 15) is 8.42 Å². The van der Waals surface area contributed by atoms with Gasteiger partial charge in [0.05, 0.1) is 16.6 Å². The Morgan fingerprint density at radius 2 is 1.26 bits per heavy atom. The Kier molecular flexibility index (Phi) is 6.36. The highest BCUT2D eigenvalue weighted by Gasteiger charge is 2.59. The maximum Gasteiger partial charge on any atom is 0.381 e. The summed E-state index contributed by atoms with van der Waals surface area (Å²) in [4.78, 5) is 5.14. The fraction of sp³-hybridized carbons (Fsp3) is 0.308. The first-order chi connectivity index (χ1) is 22.7. The van der Waals surface area contributed by atoms with Gasteiger partial charge in [0.2, 0.25) is 0 Å². The summed E-state index contributed by atoms with van der Waals surface area (Å²) in [6, 6.07) is 32.3. The third-order valence-corrected chi connectivity index (χ3v) is 12.3. The van der Waals surface area contributed by atoms with Crippen LogP contribution in [-0.4, -0.2) is 23.2 Å². The minimum absolute atomic E-state index is 0.168. The molecule has 4 fully saturated rings. The quantitative estimate of drug-likeness (QED) is 0.128. The van der Waals surface area contributed by atoms with Crippen LogP contribution in [0.25, 0.3) is 49.7 Å². The number of hydrogen-bond acceptors (Lipinski definition) is 4. The lowest BCUT2D eigenvalue weighted by Gasteiger charge is -2.57. The number of benzene rings is 5. The van der Waals surface area contributed by atoms with Gasteiger partial charge in [0, 0.05) is 22.9 Å². The number of aromatic nitrogens is 2. The van der Waals surface area contributed by atoms with E-state index in [1.54, 1.807) is 18.2 Å². The molecule has 0 radical (unpaired) electrons. The molecule has 10 rings (SSSR count). The first-order valence-corrected chi connectivity index (χ1v) is 17.9. The van der Waals surface area contributed by atoms with Gasteiger partial charge in [-0.05, 0) is 96.7 Å². The van der Waals surface area contributed by atoms with Crippen molar-refractivity contribution in [2.75, 3.05) is 0 Å². The van der Waals surface area contributed by atoms with Gasteiger partial charge in [-0.25, -0.2) is 4.98 Å². The number of imidazole rings is 1. The standard InChI is InChI=1S/C39H34F2N2O3S/c40-39(41,24-38-21-25-18-26(22-38)20-27(19-25)23-38)47(44,45)46-34-17-9-8-16-33(34)37-42-35-31-14-6-4-12-29(31)30-13-5-7-15-32(30)36(35)43(37)28-10-2-1-3-11-28/h1-17,25-27H,18-24H2. The van der Waals surface area contributed by atoms with Gasteiger partial charge < -0.3 is 4.18 Å². The van der Waals surface area contributed by atoms with Gasteiger partial charge in [-0.1, -0.05) is 78.9 Å². The zero-order valence-corrected chi connectivity index (χ0v) is 26.6. The van der Waals surface area contributed by atoms with Crippen molar-refractivity contribution in [2.24, 2.45) is 23.2 Å². The minimum atomic E-state index is -5.33. The maximum absolute atomic E-state index is 16.1. The van der Waals surface area contributed by atoms with Crippen LogP contribution in [0.4, 0.5) is 8.78 Å². The molecule has 0 atom stereocenters. The number of para-hydroxylation sites is 2. The predicted molar refractivity (Wildman–Crippen MR) is 181 cm³/mol. The second kappa shape index (κ2) is 10.3. The lowest BCUT2D eigenvalue weighted by molar-refractivity contribution is -0.0931. The molecule has 0 amide bonds. The summed E-state index contributed by atoms with van der Waals surface area (Å²) >= 11 is 0. The molecule has 1 aromatic heterocycles. The second-order valence-corrected chi connectivity index (χ2v) is 15.8. The molecule has 4 aliphatic carbocycles. The largest absolute Gasteiger partial charge is 0.381 e. The molecular formula is C39H34F2N2O3S. The summed E-state index contributed by atoms with van der Waals surface area (Å²) < 4.78 is 66.8. The lowest BCUT2D eigenvalue weighted by Crippen LogP contribution is -2.50. The highest BCUT2D eigenvalue weighted by Crippen LogP contribution is 2.63. The number of nitrogens with zero attached hydrogens (tertiary/aromatic N) is 2. The van der Waals surface area contributed by atoms with Crippen LogP contribution in [0.15, 0.2) is 103 Å². The van der Waals surface area contributed by atoms with E-state index < -0.39 is 27.2 Å². The monoisotopic (exact) mass is 648 g/mol. The van der Waals surface area contributed by atoms with E-state index in [0.717, 1.165) is 57.5 Å². The maximum atomic E-state index is 16.1. The molecule has 238 valence electrons. The van der Waals surface area contributed by atoms with E-state index in [4.69, 9.17) is 9.17 Å². The number of fused-ring (bicyclic) bond motifs is 6. The molecule has 47 heavy (non-hydrogen) atoms. The predicted octanol–water partition coefficient (Wildman–Crippen LogP) is 9.91. The normalized spacial score (nSPS) is 24.0. The van der Waals surface area contributed by atoms with Crippen molar-refractivity contribution >= 4 is 42.7 Å². The van der Waals surface area contributed by atoms with Crippen LogP contribution in [0.3, 0.4) is 0 Å². The fourth-order valence-corrected chi connectivity index (χ4v) is 10.6. The first-order valence-electron chi connectivity index (χ1n) is 16.5. The SMILES string of the molecule is O=S(=O)(Oc1ccccc1-c1nc2c3ccccc3c3ccccc3c2n1-c1ccccc1)C(F)(F)CC12CC3CC(CC(C3)C1)C2. The zero-order chi connectivity index (χ0) is 32.0. The lowest BCUT2D eigenvalue weighted by atomic mass is 9.49. The van der Waals surface area contributed by atoms with Crippen molar-refractivity contribution in [3.63, 3.8) is 0 Å². The van der Waals surface area contributed by atoms with Crippen molar-refractivity contribution in [1.82, 2.24) is 9.55 Å². The summed E-state index contributed by atoms with van der Waals surface area (Å²) in [6.45, 7) is 0. The Morgan fingerprint density at radius 3 is 1.91 bits per heavy atom. The summed E-state index contributed by atoms with van der Waals surface area (Å²) in [6.07, 6.45) is 4.64. The van der Waals surface area contributed by atoms with E-state index in [1.165, 1.54) is 6.07 Å². The topological polar surface area (TPSA) is 61.2 Å². The van der Waals surface area contributed by atoms with Crippen LogP contribution < -0.4 is 4.18 Å². The Morgan fingerprint density at radius 1 is 0.723 bits per heavy atom. The summed E-state index contributed by atoms with van der Waals surface area (Å²) in [5.41, 5.74) is 2.04. The third kappa shape index (κ3) is 4.59. The summed E-state index contributed by atoms with van der Waals surface area (Å²) in [5.74, 6) is 1.53. The molecule has 4 bridgehead atoms. The van der Waals surface area contributed by atoms with Gasteiger partial charge in [-0.3, -0.25) is 4.57 Å². The van der Waals surface area contributed by atoms with Crippen molar-refractivity contribution in [1.29, 1.82) is 0 Å².